The molecular formula is C10H11F3O2S. The van der Waals surface area contributed by atoms with E-state index in [1.165, 1.54) is 13.8 Å². The summed E-state index contributed by atoms with van der Waals surface area (Å²) in [6, 6.07) is 3.51. The molecule has 1 aromatic carbocycles. The molecule has 0 aromatic heterocycles. The fourth-order valence-electron chi connectivity index (χ4n) is 1.11. The second kappa shape index (κ2) is 4.08. The van der Waals surface area contributed by atoms with E-state index in [4.69, 9.17) is 0 Å². The van der Waals surface area contributed by atoms with Crippen molar-refractivity contribution in [3.8, 4) is 0 Å². The molecule has 0 amide bonds. The molecular weight excluding hydrogens is 241 g/mol. The van der Waals surface area contributed by atoms with E-state index in [0.29, 0.717) is 0 Å². The van der Waals surface area contributed by atoms with E-state index < -0.39 is 26.8 Å². The number of hydrogen-bond donors (Lipinski definition) is 0. The highest BCUT2D eigenvalue weighted by molar-refractivity contribution is 7.92. The molecule has 0 aliphatic rings. The van der Waals surface area contributed by atoms with Crippen molar-refractivity contribution in [1.29, 1.82) is 0 Å². The smallest absolute Gasteiger partial charge is 0.223 e. The van der Waals surface area contributed by atoms with E-state index in [0.717, 1.165) is 24.3 Å². The van der Waals surface area contributed by atoms with Crippen LogP contribution in [-0.2, 0) is 16.0 Å². The summed E-state index contributed by atoms with van der Waals surface area (Å²) in [5, 5.41) is -0.649. The van der Waals surface area contributed by atoms with Crippen molar-refractivity contribution in [2.24, 2.45) is 0 Å². The minimum absolute atomic E-state index is 0.0875. The van der Waals surface area contributed by atoms with Crippen LogP contribution >= 0.6 is 0 Å². The number of rotatable bonds is 2. The van der Waals surface area contributed by atoms with Gasteiger partial charge >= 0.3 is 6.18 Å². The minimum Gasteiger partial charge on any atom is -0.223 e. The first kappa shape index (κ1) is 13.0. The third kappa shape index (κ3) is 2.55. The first-order valence-electron chi connectivity index (χ1n) is 4.57. The van der Waals surface area contributed by atoms with Gasteiger partial charge in [-0.05, 0) is 38.1 Å². The summed E-state index contributed by atoms with van der Waals surface area (Å²) in [5.74, 6) is 0. The second-order valence-electron chi connectivity index (χ2n) is 3.62. The van der Waals surface area contributed by atoms with Crippen LogP contribution in [0.3, 0.4) is 0 Å². The average Bonchev–Trinajstić information content (AvgIpc) is 2.16. The number of alkyl halides is 3. The highest BCUT2D eigenvalue weighted by Crippen LogP contribution is 2.30. The van der Waals surface area contributed by atoms with Crippen LogP contribution in [0, 0.1) is 0 Å². The van der Waals surface area contributed by atoms with E-state index >= 15 is 0 Å². The number of halogens is 3. The Morgan fingerprint density at radius 1 is 1.06 bits per heavy atom. The van der Waals surface area contributed by atoms with Crippen LogP contribution in [0.4, 0.5) is 13.2 Å². The lowest BCUT2D eigenvalue weighted by Crippen LogP contribution is -2.14. The molecule has 0 fully saturated rings. The van der Waals surface area contributed by atoms with Gasteiger partial charge in [0.25, 0.3) is 0 Å². The van der Waals surface area contributed by atoms with Crippen molar-refractivity contribution in [3.05, 3.63) is 29.8 Å². The highest BCUT2D eigenvalue weighted by atomic mass is 32.2. The van der Waals surface area contributed by atoms with Gasteiger partial charge in [-0.15, -0.1) is 0 Å². The van der Waals surface area contributed by atoms with Crippen molar-refractivity contribution >= 4 is 9.84 Å². The maximum Gasteiger partial charge on any atom is 0.416 e. The second-order valence-corrected chi connectivity index (χ2v) is 6.12. The van der Waals surface area contributed by atoms with Gasteiger partial charge in [-0.1, -0.05) is 0 Å². The van der Waals surface area contributed by atoms with Gasteiger partial charge in [0.1, 0.15) is 0 Å². The molecule has 0 saturated carbocycles. The maximum atomic E-state index is 12.2. The minimum atomic E-state index is -4.44. The molecule has 2 nitrogen and oxygen atoms in total. The zero-order valence-electron chi connectivity index (χ0n) is 8.75. The summed E-state index contributed by atoms with van der Waals surface area (Å²) >= 11 is 0. The van der Waals surface area contributed by atoms with Crippen LogP contribution in [0.5, 0.6) is 0 Å². The van der Waals surface area contributed by atoms with E-state index in [1.807, 2.05) is 0 Å². The molecule has 90 valence electrons. The molecule has 0 heterocycles. The van der Waals surface area contributed by atoms with Gasteiger partial charge < -0.3 is 0 Å². The Kier molecular flexibility index (Phi) is 3.33. The summed E-state index contributed by atoms with van der Waals surface area (Å²) < 4.78 is 59.9. The van der Waals surface area contributed by atoms with Gasteiger partial charge in [0.05, 0.1) is 15.7 Å². The Hall–Kier alpha value is -1.04. The fraction of sp³-hybridized carbons (Fsp3) is 0.400. The molecule has 0 radical (unpaired) electrons. The van der Waals surface area contributed by atoms with Gasteiger partial charge in [0.2, 0.25) is 0 Å². The fourth-order valence-corrected chi connectivity index (χ4v) is 2.17. The zero-order valence-corrected chi connectivity index (χ0v) is 9.56. The largest absolute Gasteiger partial charge is 0.416 e. The van der Waals surface area contributed by atoms with Crippen molar-refractivity contribution in [2.75, 3.05) is 0 Å². The van der Waals surface area contributed by atoms with Gasteiger partial charge in [-0.2, -0.15) is 13.2 Å². The van der Waals surface area contributed by atoms with Gasteiger partial charge in [0.15, 0.2) is 9.84 Å². The molecule has 1 rings (SSSR count). The molecule has 1 aromatic rings. The predicted octanol–water partition coefficient (Wildman–Crippen LogP) is 2.89. The topological polar surface area (TPSA) is 34.1 Å². The lowest BCUT2D eigenvalue weighted by molar-refractivity contribution is -0.137. The van der Waals surface area contributed by atoms with Crippen molar-refractivity contribution in [3.63, 3.8) is 0 Å². The molecule has 0 aliphatic carbocycles. The molecule has 16 heavy (non-hydrogen) atoms. The molecule has 0 spiro atoms. The Morgan fingerprint density at radius 2 is 1.50 bits per heavy atom. The molecule has 0 N–H and O–H groups in total. The molecule has 0 aliphatic heterocycles. The molecule has 0 unspecified atom stereocenters. The van der Waals surface area contributed by atoms with Crippen LogP contribution in [0.15, 0.2) is 29.2 Å². The first-order valence-corrected chi connectivity index (χ1v) is 6.11. The van der Waals surface area contributed by atoms with E-state index in [-0.39, 0.29) is 4.90 Å². The summed E-state index contributed by atoms with van der Waals surface area (Å²) in [4.78, 5) is -0.0875. The van der Waals surface area contributed by atoms with Crippen LogP contribution in [0.2, 0.25) is 0 Å². The Labute approximate surface area is 92.0 Å². The van der Waals surface area contributed by atoms with Gasteiger partial charge in [-0.3, -0.25) is 0 Å². The molecule has 0 atom stereocenters. The highest BCUT2D eigenvalue weighted by Gasteiger charge is 2.30. The van der Waals surface area contributed by atoms with Crippen LogP contribution in [-0.4, -0.2) is 13.7 Å². The third-order valence-electron chi connectivity index (χ3n) is 2.13. The van der Waals surface area contributed by atoms with Crippen LogP contribution in [0.1, 0.15) is 19.4 Å². The normalized spacial score (nSPS) is 13.1. The standard InChI is InChI=1S/C10H11F3O2S/c1-7(2)16(14,15)9-5-3-8(4-6-9)10(11,12)13/h3-7H,1-2H3. The zero-order chi connectivity index (χ0) is 12.6. The quantitative estimate of drug-likeness (QED) is 0.811. The molecule has 0 bridgehead atoms. The van der Waals surface area contributed by atoms with Crippen molar-refractivity contribution in [1.82, 2.24) is 0 Å². The van der Waals surface area contributed by atoms with E-state index in [9.17, 15) is 21.6 Å². The van der Waals surface area contributed by atoms with Crippen LogP contribution < -0.4 is 0 Å². The number of hydrogen-bond acceptors (Lipinski definition) is 2. The number of benzene rings is 1. The Balaban J connectivity index is 3.15. The Morgan fingerprint density at radius 3 is 1.81 bits per heavy atom. The number of sulfone groups is 1. The van der Waals surface area contributed by atoms with Gasteiger partial charge in [-0.25, -0.2) is 8.42 Å². The SMILES string of the molecule is CC(C)S(=O)(=O)c1ccc(C(F)(F)F)cc1. The van der Waals surface area contributed by atoms with E-state index in [1.54, 1.807) is 0 Å². The van der Waals surface area contributed by atoms with Crippen LogP contribution in [0.25, 0.3) is 0 Å². The summed E-state index contributed by atoms with van der Waals surface area (Å²) in [7, 11) is -3.51. The van der Waals surface area contributed by atoms with E-state index in [2.05, 4.69) is 0 Å². The maximum absolute atomic E-state index is 12.2. The van der Waals surface area contributed by atoms with Crippen molar-refractivity contribution < 1.29 is 21.6 Å². The predicted molar refractivity (Wildman–Crippen MR) is 53.8 cm³/mol. The lowest BCUT2D eigenvalue weighted by atomic mass is 10.2. The first-order chi connectivity index (χ1) is 7.15. The summed E-state index contributed by atoms with van der Waals surface area (Å²) in [6.07, 6.45) is -4.44. The molecule has 0 saturated heterocycles. The monoisotopic (exact) mass is 252 g/mol. The third-order valence-corrected chi connectivity index (χ3v) is 4.30. The average molecular weight is 252 g/mol. The Bertz CT molecular complexity index is 458. The summed E-state index contributed by atoms with van der Waals surface area (Å²) in [5.41, 5.74) is -0.852. The lowest BCUT2D eigenvalue weighted by Gasteiger charge is -2.10. The van der Waals surface area contributed by atoms with Crippen molar-refractivity contribution in [2.45, 2.75) is 30.2 Å². The summed E-state index contributed by atoms with van der Waals surface area (Å²) in [6.45, 7) is 2.96. The molecule has 6 heteroatoms. The van der Waals surface area contributed by atoms with Gasteiger partial charge in [0, 0.05) is 0 Å².